The molecular weight excluding hydrogens is 380 g/mol. The number of hydrogen-bond donors (Lipinski definition) is 0. The van der Waals surface area contributed by atoms with E-state index in [0.29, 0.717) is 22.9 Å². The molecule has 0 aromatic rings. The van der Waals surface area contributed by atoms with Gasteiger partial charge >= 0.3 is 0 Å². The summed E-state index contributed by atoms with van der Waals surface area (Å²) in [5.41, 5.74) is 1.85. The fourth-order valence-electron chi connectivity index (χ4n) is 9.05. The lowest BCUT2D eigenvalue weighted by Gasteiger charge is -2.60. The van der Waals surface area contributed by atoms with Crippen molar-refractivity contribution in [2.45, 2.75) is 106 Å². The zero-order valence-corrected chi connectivity index (χ0v) is 21.2. The largest absolute Gasteiger partial charge is 0.299 e. The highest BCUT2D eigenvalue weighted by molar-refractivity contribution is 5.89. The van der Waals surface area contributed by atoms with Gasteiger partial charge in [0.2, 0.25) is 0 Å². The van der Waals surface area contributed by atoms with Gasteiger partial charge in [0.05, 0.1) is 0 Å². The Kier molecular flexibility index (Phi) is 5.88. The molecule has 0 spiro atoms. The van der Waals surface area contributed by atoms with E-state index in [1.54, 1.807) is 0 Å². The maximum Gasteiger partial charge on any atom is 0.142 e. The monoisotopic (exact) mass is 426 g/mol. The first-order valence-electron chi connectivity index (χ1n) is 13.2. The fourth-order valence-corrected chi connectivity index (χ4v) is 9.05. The first kappa shape index (κ1) is 23.2. The lowest BCUT2D eigenvalue weighted by Crippen LogP contribution is -2.53. The number of fused-ring (bicyclic) bond motifs is 5. The Morgan fingerprint density at radius 2 is 1.74 bits per heavy atom. The molecule has 0 N–H and O–H groups in total. The Balaban J connectivity index is 1.54. The van der Waals surface area contributed by atoms with Crippen molar-refractivity contribution in [1.29, 1.82) is 0 Å². The van der Waals surface area contributed by atoms with E-state index in [9.17, 15) is 9.59 Å². The molecule has 3 saturated carbocycles. The molecule has 0 aromatic heterocycles. The second kappa shape index (κ2) is 7.84. The maximum absolute atomic E-state index is 12.7. The second-order valence-corrected chi connectivity index (χ2v) is 13.1. The molecule has 0 amide bonds. The number of ketones is 2. The van der Waals surface area contributed by atoms with Crippen LogP contribution in [-0.2, 0) is 9.59 Å². The summed E-state index contributed by atoms with van der Waals surface area (Å²) in [6, 6.07) is 0. The summed E-state index contributed by atoms with van der Waals surface area (Å²) >= 11 is 0. The van der Waals surface area contributed by atoms with Gasteiger partial charge in [-0.1, -0.05) is 46.3 Å². The van der Waals surface area contributed by atoms with Crippen molar-refractivity contribution >= 4 is 11.6 Å². The van der Waals surface area contributed by atoms with Crippen LogP contribution in [0.3, 0.4) is 0 Å². The molecule has 4 aliphatic rings. The summed E-state index contributed by atoms with van der Waals surface area (Å²) in [5.74, 6) is 4.80. The molecule has 0 heterocycles. The van der Waals surface area contributed by atoms with Crippen molar-refractivity contribution < 1.29 is 9.59 Å². The van der Waals surface area contributed by atoms with Crippen LogP contribution in [0, 0.1) is 51.8 Å². The summed E-state index contributed by atoms with van der Waals surface area (Å²) < 4.78 is 0. The zero-order valence-electron chi connectivity index (χ0n) is 21.2. The predicted octanol–water partition coefficient (Wildman–Crippen LogP) is 7.41. The van der Waals surface area contributed by atoms with E-state index in [-0.39, 0.29) is 16.7 Å². The molecule has 0 aliphatic heterocycles. The number of carbonyl (C=O) groups is 2. The minimum absolute atomic E-state index is 0.171. The molecule has 0 bridgehead atoms. The molecule has 0 saturated heterocycles. The molecule has 2 nitrogen and oxygen atoms in total. The summed E-state index contributed by atoms with van der Waals surface area (Å²) in [7, 11) is 0. The highest BCUT2D eigenvalue weighted by atomic mass is 16.1. The normalized spacial score (nSPS) is 42.5. The predicted molar refractivity (Wildman–Crippen MR) is 128 cm³/mol. The van der Waals surface area contributed by atoms with E-state index in [4.69, 9.17) is 0 Å². The molecule has 31 heavy (non-hydrogen) atoms. The van der Waals surface area contributed by atoms with Crippen molar-refractivity contribution in [2.24, 2.45) is 51.8 Å². The van der Waals surface area contributed by atoms with Gasteiger partial charge in [0.15, 0.2) is 0 Å². The Bertz CT molecular complexity index is 774. The van der Waals surface area contributed by atoms with Gasteiger partial charge in [0.1, 0.15) is 11.6 Å². The summed E-state index contributed by atoms with van der Waals surface area (Å²) in [5, 5.41) is 0. The maximum atomic E-state index is 12.7. The van der Waals surface area contributed by atoms with Gasteiger partial charge < -0.3 is 0 Å². The molecule has 7 atom stereocenters. The molecular formula is C29H46O2. The van der Waals surface area contributed by atoms with Crippen LogP contribution < -0.4 is 0 Å². The molecule has 4 aliphatic carbocycles. The smallest absolute Gasteiger partial charge is 0.142 e. The van der Waals surface area contributed by atoms with Crippen molar-refractivity contribution in [2.75, 3.05) is 0 Å². The Hall–Kier alpha value is -0.920. The average molecular weight is 427 g/mol. The standard InChI is InChI=1S/C29H46O2/c1-18(2)24(30)12-8-19(3)21-10-11-22-20-9-13-25-27(4,5)26(31)15-17-29(25,7)23(20)14-16-28(21,22)6/h13,18-23H,8-12,14-17H2,1-7H3/t19-,20+,21-,22+,23+,28-,29-/m1/s1. The summed E-state index contributed by atoms with van der Waals surface area (Å²) in [4.78, 5) is 24.9. The third-order valence-electron chi connectivity index (χ3n) is 11.0. The van der Waals surface area contributed by atoms with Crippen LogP contribution in [0.15, 0.2) is 11.6 Å². The van der Waals surface area contributed by atoms with Crippen molar-refractivity contribution in [3.8, 4) is 0 Å². The second-order valence-electron chi connectivity index (χ2n) is 13.1. The van der Waals surface area contributed by atoms with Gasteiger partial charge in [-0.05, 0) is 99.2 Å². The van der Waals surface area contributed by atoms with E-state index in [1.807, 2.05) is 13.8 Å². The van der Waals surface area contributed by atoms with Crippen LogP contribution in [0.25, 0.3) is 0 Å². The van der Waals surface area contributed by atoms with Gasteiger partial charge in [0.25, 0.3) is 0 Å². The molecule has 0 aromatic carbocycles. The topological polar surface area (TPSA) is 34.1 Å². The average Bonchev–Trinajstić information content (AvgIpc) is 3.06. The molecule has 0 radical (unpaired) electrons. The third kappa shape index (κ3) is 3.50. The van der Waals surface area contributed by atoms with Gasteiger partial charge in [-0.15, -0.1) is 0 Å². The van der Waals surface area contributed by atoms with Gasteiger partial charge in [-0.25, -0.2) is 0 Å². The highest BCUT2D eigenvalue weighted by Crippen LogP contribution is 2.68. The minimum Gasteiger partial charge on any atom is -0.299 e. The van der Waals surface area contributed by atoms with Crippen molar-refractivity contribution in [1.82, 2.24) is 0 Å². The van der Waals surface area contributed by atoms with Crippen molar-refractivity contribution in [3.63, 3.8) is 0 Å². The van der Waals surface area contributed by atoms with Crippen molar-refractivity contribution in [3.05, 3.63) is 11.6 Å². The first-order chi connectivity index (χ1) is 14.4. The Morgan fingerprint density at radius 3 is 2.42 bits per heavy atom. The van der Waals surface area contributed by atoms with Crippen LogP contribution in [0.5, 0.6) is 0 Å². The first-order valence-corrected chi connectivity index (χ1v) is 13.2. The van der Waals surface area contributed by atoms with E-state index in [2.05, 4.69) is 40.7 Å². The lowest BCUT2D eigenvalue weighted by molar-refractivity contribution is -0.132. The van der Waals surface area contributed by atoms with E-state index in [1.165, 1.54) is 37.7 Å². The fraction of sp³-hybridized carbons (Fsp3) is 0.862. The Morgan fingerprint density at radius 1 is 1.03 bits per heavy atom. The third-order valence-corrected chi connectivity index (χ3v) is 11.0. The quantitative estimate of drug-likeness (QED) is 0.429. The molecule has 2 heteroatoms. The lowest BCUT2D eigenvalue weighted by atomic mass is 9.44. The number of rotatable bonds is 5. The minimum atomic E-state index is -0.269. The number of carbonyl (C=O) groups excluding carboxylic acids is 2. The number of hydrogen-bond acceptors (Lipinski definition) is 2. The van der Waals surface area contributed by atoms with Crippen LogP contribution in [-0.4, -0.2) is 11.6 Å². The van der Waals surface area contributed by atoms with Gasteiger partial charge in [-0.3, -0.25) is 9.59 Å². The van der Waals surface area contributed by atoms with Crippen LogP contribution >= 0.6 is 0 Å². The van der Waals surface area contributed by atoms with Crippen LogP contribution in [0.4, 0.5) is 0 Å². The molecule has 3 fully saturated rings. The SMILES string of the molecule is CC(C)C(=O)CC[C@@H](C)[C@H]1CC[C@H]2[C@@H]3CC=C4C(C)(C)C(=O)CC[C@]4(C)[C@H]3CC[C@]12C. The van der Waals surface area contributed by atoms with Crippen LogP contribution in [0.2, 0.25) is 0 Å². The molecule has 0 unspecified atom stereocenters. The van der Waals surface area contributed by atoms with E-state index < -0.39 is 0 Å². The van der Waals surface area contributed by atoms with Gasteiger partial charge in [-0.2, -0.15) is 0 Å². The van der Waals surface area contributed by atoms with E-state index in [0.717, 1.165) is 49.4 Å². The van der Waals surface area contributed by atoms with E-state index >= 15 is 0 Å². The Labute approximate surface area is 191 Å². The molecule has 174 valence electrons. The highest BCUT2D eigenvalue weighted by Gasteiger charge is 2.61. The molecule has 4 rings (SSSR count). The zero-order chi connectivity index (χ0) is 22.8. The van der Waals surface area contributed by atoms with Gasteiger partial charge in [0, 0.05) is 24.2 Å². The summed E-state index contributed by atoms with van der Waals surface area (Å²) in [6.07, 6.45) is 12.7. The summed E-state index contributed by atoms with van der Waals surface area (Å²) in [6.45, 7) is 15.9. The number of allylic oxidation sites excluding steroid dienone is 2. The number of Topliss-reactive ketones (excluding diaryl/α,β-unsaturated/α-hetero) is 2. The van der Waals surface area contributed by atoms with Crippen LogP contribution in [0.1, 0.15) is 106 Å².